The van der Waals surface area contributed by atoms with Crippen LogP contribution in [0.2, 0.25) is 5.02 Å². The van der Waals surface area contributed by atoms with Crippen LogP contribution in [0.25, 0.3) is 0 Å². The van der Waals surface area contributed by atoms with E-state index in [1.54, 1.807) is 0 Å². The van der Waals surface area contributed by atoms with Crippen LogP contribution in [0.5, 0.6) is 5.75 Å². The van der Waals surface area contributed by atoms with Gasteiger partial charge in [0.25, 0.3) is 5.91 Å². The summed E-state index contributed by atoms with van der Waals surface area (Å²) < 4.78 is 5.96. The molecule has 0 unspecified atom stereocenters. The second-order valence-electron chi connectivity index (χ2n) is 8.42. The van der Waals surface area contributed by atoms with Gasteiger partial charge in [0.05, 0.1) is 12.1 Å². The van der Waals surface area contributed by atoms with Crippen molar-refractivity contribution in [3.63, 3.8) is 0 Å². The van der Waals surface area contributed by atoms with Crippen molar-refractivity contribution in [1.82, 2.24) is 14.7 Å². The number of piperidine rings is 1. The van der Waals surface area contributed by atoms with E-state index in [0.29, 0.717) is 55.7 Å². The molecule has 2 amide bonds. The SMILES string of the molecule is O=C(CN1CCN(C(=O)c2ccccc2OCc2ccc(Cl)cc2)CC1)N1CCCCC1. The molecular weight excluding hydrogens is 426 g/mol. The molecule has 2 aromatic carbocycles. The number of rotatable bonds is 6. The first-order chi connectivity index (χ1) is 15.6. The Kier molecular flexibility index (Phi) is 7.66. The van der Waals surface area contributed by atoms with Crippen molar-refractivity contribution in [2.24, 2.45) is 0 Å². The third-order valence-corrected chi connectivity index (χ3v) is 6.40. The Bertz CT molecular complexity index is 920. The van der Waals surface area contributed by atoms with Gasteiger partial charge in [0.15, 0.2) is 0 Å². The van der Waals surface area contributed by atoms with Gasteiger partial charge in [-0.2, -0.15) is 0 Å². The van der Waals surface area contributed by atoms with Gasteiger partial charge in [-0.3, -0.25) is 14.5 Å². The molecule has 0 atom stereocenters. The van der Waals surface area contributed by atoms with Crippen LogP contribution in [0.4, 0.5) is 0 Å². The molecule has 0 aliphatic carbocycles. The zero-order chi connectivity index (χ0) is 22.3. The van der Waals surface area contributed by atoms with Crippen molar-refractivity contribution in [2.45, 2.75) is 25.9 Å². The monoisotopic (exact) mass is 455 g/mol. The molecule has 7 heteroatoms. The molecule has 0 bridgehead atoms. The Labute approximate surface area is 194 Å². The van der Waals surface area contributed by atoms with Crippen LogP contribution in [0, 0.1) is 0 Å². The van der Waals surface area contributed by atoms with E-state index in [9.17, 15) is 9.59 Å². The molecular formula is C25H30ClN3O3. The topological polar surface area (TPSA) is 53.1 Å². The van der Waals surface area contributed by atoms with Gasteiger partial charge in [-0.25, -0.2) is 0 Å². The third-order valence-electron chi connectivity index (χ3n) is 6.15. The molecule has 2 aromatic rings. The highest BCUT2D eigenvalue weighted by atomic mass is 35.5. The lowest BCUT2D eigenvalue weighted by molar-refractivity contribution is -0.133. The largest absolute Gasteiger partial charge is 0.488 e. The van der Waals surface area contributed by atoms with Crippen LogP contribution in [-0.4, -0.2) is 72.3 Å². The summed E-state index contributed by atoms with van der Waals surface area (Å²) in [5, 5.41) is 0.682. The maximum absolute atomic E-state index is 13.2. The Balaban J connectivity index is 1.31. The smallest absolute Gasteiger partial charge is 0.257 e. The van der Waals surface area contributed by atoms with Crippen LogP contribution in [-0.2, 0) is 11.4 Å². The second kappa shape index (κ2) is 10.8. The molecule has 2 aliphatic rings. The molecule has 0 N–H and O–H groups in total. The summed E-state index contributed by atoms with van der Waals surface area (Å²) in [6.07, 6.45) is 3.43. The molecule has 2 fully saturated rings. The molecule has 0 aromatic heterocycles. The lowest BCUT2D eigenvalue weighted by Gasteiger charge is -2.36. The van der Waals surface area contributed by atoms with Crippen molar-refractivity contribution in [1.29, 1.82) is 0 Å². The van der Waals surface area contributed by atoms with Gasteiger partial charge >= 0.3 is 0 Å². The van der Waals surface area contributed by atoms with Gasteiger partial charge in [-0.15, -0.1) is 0 Å². The number of amides is 2. The number of piperazine rings is 1. The predicted molar refractivity (Wildman–Crippen MR) is 125 cm³/mol. The van der Waals surface area contributed by atoms with E-state index >= 15 is 0 Å². The first-order valence-electron chi connectivity index (χ1n) is 11.4. The number of para-hydroxylation sites is 1. The normalized spacial score (nSPS) is 17.3. The molecule has 6 nitrogen and oxygen atoms in total. The molecule has 32 heavy (non-hydrogen) atoms. The van der Waals surface area contributed by atoms with Crippen molar-refractivity contribution in [3.05, 3.63) is 64.7 Å². The fourth-order valence-corrected chi connectivity index (χ4v) is 4.35. The van der Waals surface area contributed by atoms with E-state index < -0.39 is 0 Å². The molecule has 2 saturated heterocycles. The maximum Gasteiger partial charge on any atom is 0.257 e. The fraction of sp³-hybridized carbons (Fsp3) is 0.440. The average Bonchev–Trinajstić information content (AvgIpc) is 2.84. The standard InChI is InChI=1S/C25H30ClN3O3/c26-21-10-8-20(9-11-21)19-32-23-7-3-2-6-22(23)25(31)29-16-14-27(15-17-29)18-24(30)28-12-4-1-5-13-28/h2-3,6-11H,1,4-5,12-19H2. The lowest BCUT2D eigenvalue weighted by Crippen LogP contribution is -2.52. The van der Waals surface area contributed by atoms with Crippen LogP contribution < -0.4 is 4.74 Å². The van der Waals surface area contributed by atoms with E-state index in [1.165, 1.54) is 6.42 Å². The number of ether oxygens (including phenoxy) is 1. The number of hydrogen-bond donors (Lipinski definition) is 0. The summed E-state index contributed by atoms with van der Waals surface area (Å²) in [4.78, 5) is 31.7. The first-order valence-corrected chi connectivity index (χ1v) is 11.7. The summed E-state index contributed by atoms with van der Waals surface area (Å²) in [5.74, 6) is 0.763. The summed E-state index contributed by atoms with van der Waals surface area (Å²) in [6, 6.07) is 14.9. The Morgan fingerprint density at radius 1 is 0.812 bits per heavy atom. The van der Waals surface area contributed by atoms with E-state index in [-0.39, 0.29) is 11.8 Å². The van der Waals surface area contributed by atoms with Gasteiger partial charge in [0, 0.05) is 44.3 Å². The van der Waals surface area contributed by atoms with Crippen LogP contribution in [0.3, 0.4) is 0 Å². The number of carbonyl (C=O) groups excluding carboxylic acids is 2. The first kappa shape index (κ1) is 22.6. The Morgan fingerprint density at radius 2 is 1.50 bits per heavy atom. The predicted octanol–water partition coefficient (Wildman–Crippen LogP) is 3.69. The highest BCUT2D eigenvalue weighted by molar-refractivity contribution is 6.30. The van der Waals surface area contributed by atoms with Gasteiger partial charge in [0.1, 0.15) is 12.4 Å². The van der Waals surface area contributed by atoms with Gasteiger partial charge in [0.2, 0.25) is 5.91 Å². The number of carbonyl (C=O) groups is 2. The van der Waals surface area contributed by atoms with E-state index in [0.717, 1.165) is 31.5 Å². The highest BCUT2D eigenvalue weighted by Crippen LogP contribution is 2.22. The Hall–Kier alpha value is -2.57. The molecule has 0 saturated carbocycles. The van der Waals surface area contributed by atoms with E-state index in [1.807, 2.05) is 58.3 Å². The minimum Gasteiger partial charge on any atom is -0.488 e. The number of likely N-dealkylation sites (tertiary alicyclic amines) is 1. The zero-order valence-electron chi connectivity index (χ0n) is 18.3. The zero-order valence-corrected chi connectivity index (χ0v) is 19.1. The fourth-order valence-electron chi connectivity index (χ4n) is 4.22. The third kappa shape index (κ3) is 5.81. The number of nitrogens with zero attached hydrogens (tertiary/aromatic N) is 3. The van der Waals surface area contributed by atoms with Crippen molar-refractivity contribution >= 4 is 23.4 Å². The number of halogens is 1. The molecule has 170 valence electrons. The van der Waals surface area contributed by atoms with E-state index in [2.05, 4.69) is 4.90 Å². The summed E-state index contributed by atoms with van der Waals surface area (Å²) >= 11 is 5.94. The minimum absolute atomic E-state index is 0.0290. The second-order valence-corrected chi connectivity index (χ2v) is 8.86. The van der Waals surface area contributed by atoms with E-state index in [4.69, 9.17) is 16.3 Å². The minimum atomic E-state index is -0.0290. The van der Waals surface area contributed by atoms with Crippen molar-refractivity contribution in [3.8, 4) is 5.75 Å². The number of hydrogen-bond acceptors (Lipinski definition) is 4. The quantitative estimate of drug-likeness (QED) is 0.666. The van der Waals surface area contributed by atoms with Gasteiger partial charge < -0.3 is 14.5 Å². The number of benzene rings is 2. The highest BCUT2D eigenvalue weighted by Gasteiger charge is 2.26. The van der Waals surface area contributed by atoms with Crippen LogP contribution >= 0.6 is 11.6 Å². The summed E-state index contributed by atoms with van der Waals surface area (Å²) in [5.41, 5.74) is 1.56. The molecule has 2 aliphatic heterocycles. The summed E-state index contributed by atoms with van der Waals surface area (Å²) in [7, 11) is 0. The van der Waals surface area contributed by atoms with Gasteiger partial charge in [-0.1, -0.05) is 35.9 Å². The van der Waals surface area contributed by atoms with Crippen molar-refractivity contribution < 1.29 is 14.3 Å². The lowest BCUT2D eigenvalue weighted by atomic mass is 10.1. The van der Waals surface area contributed by atoms with Gasteiger partial charge in [-0.05, 0) is 49.1 Å². The molecule has 0 radical (unpaired) electrons. The Morgan fingerprint density at radius 3 is 2.22 bits per heavy atom. The maximum atomic E-state index is 13.2. The summed E-state index contributed by atoms with van der Waals surface area (Å²) in [6.45, 7) is 5.21. The van der Waals surface area contributed by atoms with Crippen LogP contribution in [0.15, 0.2) is 48.5 Å². The average molecular weight is 456 g/mol. The molecule has 0 spiro atoms. The van der Waals surface area contributed by atoms with Crippen molar-refractivity contribution in [2.75, 3.05) is 45.8 Å². The molecule has 4 rings (SSSR count). The van der Waals surface area contributed by atoms with Crippen LogP contribution in [0.1, 0.15) is 35.2 Å². The molecule has 2 heterocycles.